The maximum atomic E-state index is 13.3. The molecule has 0 aromatic heterocycles. The highest BCUT2D eigenvalue weighted by Crippen LogP contribution is 2.39. The smallest absolute Gasteiger partial charge is 0.123 e. The largest absolute Gasteiger partial charge is 0.373 e. The van der Waals surface area contributed by atoms with E-state index in [9.17, 15) is 4.39 Å². The predicted molar refractivity (Wildman–Crippen MR) is 64.5 cm³/mol. The van der Waals surface area contributed by atoms with Gasteiger partial charge in [0.1, 0.15) is 5.82 Å². The van der Waals surface area contributed by atoms with Gasteiger partial charge in [-0.3, -0.25) is 0 Å². The monoisotopic (exact) mass is 235 g/mol. The van der Waals surface area contributed by atoms with Crippen LogP contribution in [0.5, 0.6) is 0 Å². The first-order valence-corrected chi connectivity index (χ1v) is 6.37. The van der Waals surface area contributed by atoms with Crippen molar-refractivity contribution in [1.29, 1.82) is 0 Å². The van der Waals surface area contributed by atoms with Gasteiger partial charge in [0.25, 0.3) is 0 Å². The normalized spacial score (nSPS) is 32.5. The molecule has 2 aliphatic heterocycles. The number of fused-ring (bicyclic) bond motifs is 1. The Balaban J connectivity index is 1.96. The fourth-order valence-electron chi connectivity index (χ4n) is 2.98. The predicted octanol–water partition coefficient (Wildman–Crippen LogP) is 2.61. The third-order valence-corrected chi connectivity index (χ3v) is 3.94. The third kappa shape index (κ3) is 1.98. The van der Waals surface area contributed by atoms with Gasteiger partial charge in [0.05, 0.1) is 12.7 Å². The van der Waals surface area contributed by atoms with Gasteiger partial charge in [0, 0.05) is 18.4 Å². The zero-order valence-electron chi connectivity index (χ0n) is 10.1. The van der Waals surface area contributed by atoms with E-state index in [4.69, 9.17) is 4.74 Å². The lowest BCUT2D eigenvalue weighted by Gasteiger charge is -2.33. The lowest BCUT2D eigenvalue weighted by molar-refractivity contribution is -0.00334. The van der Waals surface area contributed by atoms with Gasteiger partial charge in [-0.2, -0.15) is 0 Å². The first kappa shape index (κ1) is 11.2. The van der Waals surface area contributed by atoms with Crippen LogP contribution in [-0.4, -0.2) is 19.7 Å². The molecule has 3 atom stereocenters. The van der Waals surface area contributed by atoms with Crippen molar-refractivity contribution >= 4 is 0 Å². The van der Waals surface area contributed by atoms with Gasteiger partial charge in [-0.15, -0.1) is 0 Å². The summed E-state index contributed by atoms with van der Waals surface area (Å²) in [5.74, 6) is 0.693. The van der Waals surface area contributed by atoms with Gasteiger partial charge in [-0.1, -0.05) is 13.0 Å². The van der Waals surface area contributed by atoms with Gasteiger partial charge in [-0.25, -0.2) is 4.39 Å². The van der Waals surface area contributed by atoms with E-state index in [-0.39, 0.29) is 11.9 Å². The first-order valence-electron chi connectivity index (χ1n) is 6.37. The van der Waals surface area contributed by atoms with Gasteiger partial charge in [0.2, 0.25) is 0 Å². The Labute approximate surface area is 101 Å². The molecule has 3 heteroatoms. The molecule has 0 saturated carbocycles. The molecule has 1 aromatic carbocycles. The summed E-state index contributed by atoms with van der Waals surface area (Å²) in [6.45, 7) is 4.88. The minimum Gasteiger partial charge on any atom is -0.373 e. The molecule has 92 valence electrons. The van der Waals surface area contributed by atoms with Crippen LogP contribution in [0, 0.1) is 11.7 Å². The molecule has 3 rings (SSSR count). The van der Waals surface area contributed by atoms with E-state index in [0.717, 1.165) is 25.1 Å². The van der Waals surface area contributed by atoms with Gasteiger partial charge >= 0.3 is 0 Å². The zero-order chi connectivity index (χ0) is 11.8. The van der Waals surface area contributed by atoms with Crippen LogP contribution in [0.4, 0.5) is 4.39 Å². The van der Waals surface area contributed by atoms with E-state index in [1.54, 1.807) is 12.1 Å². The molecule has 1 unspecified atom stereocenters. The Morgan fingerprint density at radius 2 is 2.24 bits per heavy atom. The van der Waals surface area contributed by atoms with Gasteiger partial charge in [-0.05, 0) is 36.2 Å². The SMILES string of the molecule is CC1CO[C@@H]([C@@H]2CCNC2)c2ccc(F)cc21. The molecule has 17 heavy (non-hydrogen) atoms. The van der Waals surface area contributed by atoms with Crippen molar-refractivity contribution in [3.63, 3.8) is 0 Å². The van der Waals surface area contributed by atoms with Crippen molar-refractivity contribution in [2.75, 3.05) is 19.7 Å². The Kier molecular flexibility index (Phi) is 2.89. The molecule has 0 spiro atoms. The number of rotatable bonds is 1. The topological polar surface area (TPSA) is 21.3 Å². The summed E-state index contributed by atoms with van der Waals surface area (Å²) < 4.78 is 19.3. The standard InChI is InChI=1S/C14H18FNO/c1-9-8-17-14(10-4-5-16-7-10)12-3-2-11(15)6-13(9)12/h2-3,6,9-10,14,16H,4-5,7-8H2,1H3/t9?,10-,14+/m1/s1. The Bertz CT molecular complexity index is 415. The molecule has 0 radical (unpaired) electrons. The second-order valence-electron chi connectivity index (χ2n) is 5.18. The number of halogens is 1. The van der Waals surface area contributed by atoms with Crippen LogP contribution in [0.15, 0.2) is 18.2 Å². The molecule has 1 aromatic rings. The Morgan fingerprint density at radius 3 is 3.00 bits per heavy atom. The van der Waals surface area contributed by atoms with Crippen molar-refractivity contribution in [3.8, 4) is 0 Å². The van der Waals surface area contributed by atoms with Crippen molar-refractivity contribution < 1.29 is 9.13 Å². The van der Waals surface area contributed by atoms with Crippen molar-refractivity contribution in [2.45, 2.75) is 25.4 Å². The molecule has 0 aliphatic carbocycles. The van der Waals surface area contributed by atoms with Crippen LogP contribution >= 0.6 is 0 Å². The zero-order valence-corrected chi connectivity index (χ0v) is 10.1. The average Bonchev–Trinajstić information content (AvgIpc) is 2.84. The van der Waals surface area contributed by atoms with E-state index >= 15 is 0 Å². The molecule has 2 nitrogen and oxygen atoms in total. The van der Waals surface area contributed by atoms with Gasteiger partial charge in [0.15, 0.2) is 0 Å². The second-order valence-corrected chi connectivity index (χ2v) is 5.18. The van der Waals surface area contributed by atoms with Crippen molar-refractivity contribution in [3.05, 3.63) is 35.1 Å². The first-order chi connectivity index (χ1) is 8.25. The lowest BCUT2D eigenvalue weighted by Crippen LogP contribution is -2.26. The van der Waals surface area contributed by atoms with Crippen LogP contribution in [0.2, 0.25) is 0 Å². The average molecular weight is 235 g/mol. The number of hydrogen-bond acceptors (Lipinski definition) is 2. The van der Waals surface area contributed by atoms with Crippen molar-refractivity contribution in [2.24, 2.45) is 5.92 Å². The van der Waals surface area contributed by atoms with E-state index < -0.39 is 0 Å². The Hall–Kier alpha value is -0.930. The summed E-state index contributed by atoms with van der Waals surface area (Å²) >= 11 is 0. The maximum Gasteiger partial charge on any atom is 0.123 e. The summed E-state index contributed by atoms with van der Waals surface area (Å²) in [5, 5.41) is 3.37. The molecule has 2 heterocycles. The molecule has 0 bridgehead atoms. The number of benzene rings is 1. The molecule has 1 fully saturated rings. The fraction of sp³-hybridized carbons (Fsp3) is 0.571. The highest BCUT2D eigenvalue weighted by Gasteiger charge is 2.33. The van der Waals surface area contributed by atoms with Crippen LogP contribution in [0.1, 0.15) is 36.5 Å². The minimum absolute atomic E-state index is 0.138. The molecule has 0 amide bonds. The van der Waals surface area contributed by atoms with E-state index in [0.29, 0.717) is 18.4 Å². The quantitative estimate of drug-likeness (QED) is 0.808. The van der Waals surface area contributed by atoms with Gasteiger partial charge < -0.3 is 10.1 Å². The van der Waals surface area contributed by atoms with E-state index in [1.165, 1.54) is 5.56 Å². The summed E-state index contributed by atoms with van der Waals surface area (Å²) in [5.41, 5.74) is 2.33. The summed E-state index contributed by atoms with van der Waals surface area (Å²) in [6, 6.07) is 5.14. The number of nitrogens with one attached hydrogen (secondary N) is 1. The van der Waals surface area contributed by atoms with Crippen LogP contribution in [0.25, 0.3) is 0 Å². The minimum atomic E-state index is -0.138. The maximum absolute atomic E-state index is 13.3. The highest BCUT2D eigenvalue weighted by atomic mass is 19.1. The lowest BCUT2D eigenvalue weighted by atomic mass is 9.85. The number of ether oxygens (including phenoxy) is 1. The Morgan fingerprint density at radius 1 is 1.35 bits per heavy atom. The molecular formula is C14H18FNO. The third-order valence-electron chi connectivity index (χ3n) is 3.94. The van der Waals surface area contributed by atoms with Crippen LogP contribution in [0.3, 0.4) is 0 Å². The van der Waals surface area contributed by atoms with E-state index in [2.05, 4.69) is 12.2 Å². The highest BCUT2D eigenvalue weighted by molar-refractivity contribution is 5.35. The summed E-state index contributed by atoms with van der Waals surface area (Å²) in [4.78, 5) is 0. The molecular weight excluding hydrogens is 217 g/mol. The van der Waals surface area contributed by atoms with Crippen molar-refractivity contribution in [1.82, 2.24) is 5.32 Å². The second kappa shape index (κ2) is 4.39. The summed E-state index contributed by atoms with van der Waals surface area (Å²) in [6.07, 6.45) is 1.30. The van der Waals surface area contributed by atoms with Crippen LogP contribution < -0.4 is 5.32 Å². The summed E-state index contributed by atoms with van der Waals surface area (Å²) in [7, 11) is 0. The molecule has 2 aliphatic rings. The van der Waals surface area contributed by atoms with Crippen LogP contribution in [-0.2, 0) is 4.74 Å². The van der Waals surface area contributed by atoms with E-state index in [1.807, 2.05) is 6.07 Å². The molecule has 1 N–H and O–H groups in total. The fourth-order valence-corrected chi connectivity index (χ4v) is 2.98. The molecule has 1 saturated heterocycles. The number of hydrogen-bond donors (Lipinski definition) is 1.